The fourth-order valence-corrected chi connectivity index (χ4v) is 4.39. The summed E-state index contributed by atoms with van der Waals surface area (Å²) in [6.07, 6.45) is 0. The summed E-state index contributed by atoms with van der Waals surface area (Å²) >= 11 is 0. The third kappa shape index (κ3) is 3.68. The summed E-state index contributed by atoms with van der Waals surface area (Å²) in [4.78, 5) is 22.1. The SMILES string of the molecule is COc1cccc(N2CCN(C(=O)c3ccc4c(c3)nc(C)n4-c3ccccc3)CC2)c1. The van der Waals surface area contributed by atoms with E-state index in [-0.39, 0.29) is 5.91 Å². The molecule has 1 amide bonds. The van der Waals surface area contributed by atoms with Crippen molar-refractivity contribution in [3.8, 4) is 11.4 Å². The second-order valence-corrected chi connectivity index (χ2v) is 8.01. The average Bonchev–Trinajstić information content (AvgIpc) is 3.19. The molecule has 2 heterocycles. The van der Waals surface area contributed by atoms with Crippen molar-refractivity contribution in [2.75, 3.05) is 38.2 Å². The van der Waals surface area contributed by atoms with Crippen molar-refractivity contribution in [2.45, 2.75) is 6.92 Å². The lowest BCUT2D eigenvalue weighted by Crippen LogP contribution is -2.48. The molecule has 4 aromatic rings. The Hall–Kier alpha value is -3.80. The van der Waals surface area contributed by atoms with Gasteiger partial charge in [0.15, 0.2) is 0 Å². The first-order chi connectivity index (χ1) is 15.6. The van der Waals surface area contributed by atoms with Gasteiger partial charge in [-0.1, -0.05) is 24.3 Å². The van der Waals surface area contributed by atoms with Crippen LogP contribution in [0.4, 0.5) is 5.69 Å². The van der Waals surface area contributed by atoms with Crippen molar-refractivity contribution in [1.29, 1.82) is 0 Å². The van der Waals surface area contributed by atoms with Crippen molar-refractivity contribution in [3.05, 3.63) is 84.2 Å². The highest BCUT2D eigenvalue weighted by Crippen LogP contribution is 2.25. The van der Waals surface area contributed by atoms with Gasteiger partial charge in [0.25, 0.3) is 5.91 Å². The van der Waals surface area contributed by atoms with E-state index in [9.17, 15) is 4.79 Å². The number of aryl methyl sites for hydroxylation is 1. The Kier molecular flexibility index (Phi) is 5.27. The van der Waals surface area contributed by atoms with E-state index in [1.165, 1.54) is 0 Å². The lowest BCUT2D eigenvalue weighted by Gasteiger charge is -2.36. The van der Waals surface area contributed by atoms with E-state index in [0.29, 0.717) is 18.7 Å². The lowest BCUT2D eigenvalue weighted by molar-refractivity contribution is 0.0747. The fourth-order valence-electron chi connectivity index (χ4n) is 4.39. The van der Waals surface area contributed by atoms with Crippen LogP contribution in [0.1, 0.15) is 16.2 Å². The topological polar surface area (TPSA) is 50.6 Å². The second kappa shape index (κ2) is 8.38. The molecule has 1 aliphatic heterocycles. The monoisotopic (exact) mass is 426 g/mol. The Bertz CT molecular complexity index is 1260. The van der Waals surface area contributed by atoms with Crippen LogP contribution in [0.15, 0.2) is 72.8 Å². The number of anilines is 1. The fraction of sp³-hybridized carbons (Fsp3) is 0.231. The summed E-state index contributed by atoms with van der Waals surface area (Å²) in [5, 5.41) is 0. The summed E-state index contributed by atoms with van der Waals surface area (Å²) in [5.74, 6) is 1.81. The molecule has 1 aromatic heterocycles. The molecular formula is C26H26N4O2. The maximum atomic E-state index is 13.2. The molecule has 32 heavy (non-hydrogen) atoms. The van der Waals surface area contributed by atoms with Gasteiger partial charge in [0.05, 0.1) is 18.1 Å². The van der Waals surface area contributed by atoms with Gasteiger partial charge in [-0.3, -0.25) is 9.36 Å². The van der Waals surface area contributed by atoms with Crippen LogP contribution in [0.5, 0.6) is 5.75 Å². The lowest BCUT2D eigenvalue weighted by atomic mass is 10.1. The van der Waals surface area contributed by atoms with Crippen LogP contribution in [-0.4, -0.2) is 53.6 Å². The van der Waals surface area contributed by atoms with E-state index in [4.69, 9.17) is 9.72 Å². The van der Waals surface area contributed by atoms with E-state index < -0.39 is 0 Å². The maximum absolute atomic E-state index is 13.2. The number of aromatic nitrogens is 2. The molecule has 0 unspecified atom stereocenters. The number of fused-ring (bicyclic) bond motifs is 1. The number of para-hydroxylation sites is 1. The predicted octanol–water partition coefficient (Wildman–Crippen LogP) is 4.30. The number of nitrogens with zero attached hydrogens (tertiary/aromatic N) is 4. The normalized spacial score (nSPS) is 14.1. The quantitative estimate of drug-likeness (QED) is 0.488. The van der Waals surface area contributed by atoms with Crippen molar-refractivity contribution < 1.29 is 9.53 Å². The van der Waals surface area contributed by atoms with Gasteiger partial charge < -0.3 is 14.5 Å². The first kappa shape index (κ1) is 20.1. The Morgan fingerprint density at radius 3 is 2.38 bits per heavy atom. The Balaban J connectivity index is 1.33. The number of hydrogen-bond acceptors (Lipinski definition) is 4. The van der Waals surface area contributed by atoms with Crippen LogP contribution < -0.4 is 9.64 Å². The van der Waals surface area contributed by atoms with Crippen LogP contribution in [0.3, 0.4) is 0 Å². The van der Waals surface area contributed by atoms with Gasteiger partial charge >= 0.3 is 0 Å². The van der Waals surface area contributed by atoms with Crippen molar-refractivity contribution in [2.24, 2.45) is 0 Å². The molecule has 6 nitrogen and oxygen atoms in total. The van der Waals surface area contributed by atoms with Gasteiger partial charge in [-0.25, -0.2) is 4.98 Å². The zero-order chi connectivity index (χ0) is 22.1. The number of rotatable bonds is 4. The third-order valence-electron chi connectivity index (χ3n) is 6.07. The minimum Gasteiger partial charge on any atom is -0.497 e. The number of benzene rings is 3. The zero-order valence-electron chi connectivity index (χ0n) is 18.4. The molecule has 162 valence electrons. The van der Waals surface area contributed by atoms with E-state index in [1.54, 1.807) is 7.11 Å². The molecule has 1 saturated heterocycles. The number of methoxy groups -OCH3 is 1. The predicted molar refractivity (Wildman–Crippen MR) is 127 cm³/mol. The number of imidazole rings is 1. The van der Waals surface area contributed by atoms with Crippen LogP contribution >= 0.6 is 0 Å². The molecule has 5 rings (SSSR count). The third-order valence-corrected chi connectivity index (χ3v) is 6.07. The molecule has 0 radical (unpaired) electrons. The molecule has 0 N–H and O–H groups in total. The number of ether oxygens (including phenoxy) is 1. The van der Waals surface area contributed by atoms with E-state index in [2.05, 4.69) is 27.7 Å². The first-order valence-electron chi connectivity index (χ1n) is 10.9. The van der Waals surface area contributed by atoms with Gasteiger partial charge in [-0.2, -0.15) is 0 Å². The number of carbonyl (C=O) groups is 1. The van der Waals surface area contributed by atoms with E-state index in [1.807, 2.05) is 66.4 Å². The van der Waals surface area contributed by atoms with Crippen molar-refractivity contribution >= 4 is 22.6 Å². The molecule has 0 aliphatic carbocycles. The molecule has 1 aliphatic rings. The van der Waals surface area contributed by atoms with Gasteiger partial charge in [0, 0.05) is 49.2 Å². The minimum atomic E-state index is 0.0594. The van der Waals surface area contributed by atoms with Gasteiger partial charge in [-0.15, -0.1) is 0 Å². The first-order valence-corrected chi connectivity index (χ1v) is 10.9. The van der Waals surface area contributed by atoms with Crippen molar-refractivity contribution in [1.82, 2.24) is 14.5 Å². The van der Waals surface area contributed by atoms with Crippen LogP contribution in [-0.2, 0) is 0 Å². The number of amides is 1. The smallest absolute Gasteiger partial charge is 0.254 e. The summed E-state index contributed by atoms with van der Waals surface area (Å²) < 4.78 is 7.46. The largest absolute Gasteiger partial charge is 0.497 e. The van der Waals surface area contributed by atoms with E-state index >= 15 is 0 Å². The summed E-state index contributed by atoms with van der Waals surface area (Å²) in [7, 11) is 1.68. The highest BCUT2D eigenvalue weighted by molar-refractivity contribution is 5.97. The Morgan fingerprint density at radius 2 is 1.62 bits per heavy atom. The highest BCUT2D eigenvalue weighted by Gasteiger charge is 2.23. The van der Waals surface area contributed by atoms with Crippen LogP contribution in [0.2, 0.25) is 0 Å². The minimum absolute atomic E-state index is 0.0594. The molecule has 6 heteroatoms. The Morgan fingerprint density at radius 1 is 0.875 bits per heavy atom. The molecule has 0 atom stereocenters. The molecule has 0 saturated carbocycles. The van der Waals surface area contributed by atoms with Gasteiger partial charge in [0.1, 0.15) is 11.6 Å². The standard InChI is InChI=1S/C26H26N4O2/c1-19-27-24-17-20(11-12-25(24)30(19)21-7-4-3-5-8-21)26(31)29-15-13-28(14-16-29)22-9-6-10-23(18-22)32-2/h3-12,17-18H,13-16H2,1-2H3. The summed E-state index contributed by atoms with van der Waals surface area (Å²) in [5.41, 5.74) is 4.73. The molecular weight excluding hydrogens is 400 g/mol. The zero-order valence-corrected chi connectivity index (χ0v) is 18.4. The molecule has 0 spiro atoms. The van der Waals surface area contributed by atoms with Crippen LogP contribution in [0.25, 0.3) is 16.7 Å². The van der Waals surface area contributed by atoms with E-state index in [0.717, 1.165) is 47.1 Å². The molecule has 0 bridgehead atoms. The number of carbonyl (C=O) groups excluding carboxylic acids is 1. The Labute approximate surface area is 187 Å². The second-order valence-electron chi connectivity index (χ2n) is 8.01. The van der Waals surface area contributed by atoms with Gasteiger partial charge in [-0.05, 0) is 49.4 Å². The average molecular weight is 427 g/mol. The van der Waals surface area contributed by atoms with Gasteiger partial charge in [0.2, 0.25) is 0 Å². The summed E-state index contributed by atoms with van der Waals surface area (Å²) in [6.45, 7) is 4.95. The number of piperazine rings is 1. The highest BCUT2D eigenvalue weighted by atomic mass is 16.5. The maximum Gasteiger partial charge on any atom is 0.254 e. The molecule has 1 fully saturated rings. The van der Waals surface area contributed by atoms with Crippen LogP contribution in [0, 0.1) is 6.92 Å². The number of hydrogen-bond donors (Lipinski definition) is 0. The molecule has 3 aromatic carbocycles. The van der Waals surface area contributed by atoms with Crippen molar-refractivity contribution in [3.63, 3.8) is 0 Å². The summed E-state index contributed by atoms with van der Waals surface area (Å²) in [6, 6.07) is 24.1.